The Kier molecular flexibility index (Phi) is 6.37. The lowest BCUT2D eigenvalue weighted by atomic mass is 9.72. The zero-order valence-electron chi connectivity index (χ0n) is 13.9. The van der Waals surface area contributed by atoms with Crippen LogP contribution in [0.5, 0.6) is 0 Å². The first-order chi connectivity index (χ1) is 11.3. The number of hydrogen-bond acceptors (Lipinski definition) is 4. The van der Waals surface area contributed by atoms with Crippen LogP contribution in [0.1, 0.15) is 64.2 Å². The highest BCUT2D eigenvalue weighted by atomic mass is 32.2. The van der Waals surface area contributed by atoms with Crippen LogP contribution < -0.4 is 5.14 Å². The minimum absolute atomic E-state index is 0.485. The molecule has 4 heteroatoms. The highest BCUT2D eigenvalue weighted by molar-refractivity contribution is 7.98. The molecule has 0 unspecified atom stereocenters. The summed E-state index contributed by atoms with van der Waals surface area (Å²) in [5.41, 5.74) is 2.97. The third kappa shape index (κ3) is 4.28. The summed E-state index contributed by atoms with van der Waals surface area (Å²) in [4.78, 5) is 4.14. The molecule has 0 amide bonds. The van der Waals surface area contributed by atoms with E-state index < -0.39 is 0 Å². The van der Waals surface area contributed by atoms with Gasteiger partial charge in [0.2, 0.25) is 0 Å². The van der Waals surface area contributed by atoms with Gasteiger partial charge in [-0.25, -0.2) is 4.98 Å². The van der Waals surface area contributed by atoms with Gasteiger partial charge >= 0.3 is 0 Å². The van der Waals surface area contributed by atoms with Crippen LogP contribution in [0, 0.1) is 5.92 Å². The van der Waals surface area contributed by atoms with E-state index in [9.17, 15) is 0 Å². The summed E-state index contributed by atoms with van der Waals surface area (Å²) in [7, 11) is 0. The molecular formula is C19H28N2S2. The predicted octanol–water partition coefficient (Wildman–Crippen LogP) is 6.17. The van der Waals surface area contributed by atoms with Crippen molar-refractivity contribution in [3.63, 3.8) is 0 Å². The fraction of sp³-hybridized carbons (Fsp3) is 0.632. The molecule has 0 bridgehead atoms. The number of para-hydroxylation sites is 1. The summed E-state index contributed by atoms with van der Waals surface area (Å²) in [5, 5.41) is 5.99. The monoisotopic (exact) mass is 348 g/mol. The molecular weight excluding hydrogens is 320 g/mol. The third-order valence-electron chi connectivity index (χ3n) is 5.52. The number of aromatic nitrogens is 1. The van der Waals surface area contributed by atoms with Crippen molar-refractivity contribution >= 4 is 33.5 Å². The van der Waals surface area contributed by atoms with E-state index in [1.807, 2.05) is 23.7 Å². The van der Waals surface area contributed by atoms with Crippen molar-refractivity contribution in [1.29, 1.82) is 0 Å². The number of nitrogens with two attached hydrogens (primary N) is 1. The van der Waals surface area contributed by atoms with Crippen LogP contribution >= 0.6 is 23.3 Å². The van der Waals surface area contributed by atoms with E-state index in [4.69, 9.17) is 5.14 Å². The second-order valence-electron chi connectivity index (χ2n) is 6.90. The molecule has 4 rings (SSSR count). The fourth-order valence-electron chi connectivity index (χ4n) is 4.20. The first-order valence-electron chi connectivity index (χ1n) is 9.00. The molecule has 0 saturated heterocycles. The van der Waals surface area contributed by atoms with Crippen molar-refractivity contribution in [3.8, 4) is 0 Å². The number of benzene rings is 1. The minimum atomic E-state index is 0.485. The van der Waals surface area contributed by atoms with E-state index in [0.29, 0.717) is 4.75 Å². The molecule has 0 spiro atoms. The van der Waals surface area contributed by atoms with Gasteiger partial charge in [0.1, 0.15) is 0 Å². The molecule has 2 nitrogen and oxygen atoms in total. The molecule has 2 aliphatic carbocycles. The van der Waals surface area contributed by atoms with Crippen LogP contribution in [0.4, 0.5) is 0 Å². The van der Waals surface area contributed by atoms with Gasteiger partial charge in [0.15, 0.2) is 0 Å². The van der Waals surface area contributed by atoms with Crippen molar-refractivity contribution < 1.29 is 0 Å². The summed E-state index contributed by atoms with van der Waals surface area (Å²) in [5.74, 6) is 0.937. The maximum absolute atomic E-state index is 5.99. The number of fused-ring (bicyclic) bond motifs is 1. The van der Waals surface area contributed by atoms with Crippen molar-refractivity contribution in [1.82, 2.24) is 4.98 Å². The Morgan fingerprint density at radius 3 is 2.39 bits per heavy atom. The summed E-state index contributed by atoms with van der Waals surface area (Å²) in [6, 6.07) is 8.13. The molecule has 0 atom stereocenters. The lowest BCUT2D eigenvalue weighted by Gasteiger charge is -2.43. The molecule has 0 aliphatic heterocycles. The van der Waals surface area contributed by atoms with E-state index in [-0.39, 0.29) is 0 Å². The fourth-order valence-corrected chi connectivity index (χ4v) is 5.84. The Hall–Kier alpha value is -0.580. The SMILES string of the molecule is NSC1(C2CCCCC2)CCCCC1.c1ccc2scnc2c1. The second-order valence-corrected chi connectivity index (χ2v) is 8.83. The average molecular weight is 349 g/mol. The van der Waals surface area contributed by atoms with Gasteiger partial charge in [-0.15, -0.1) is 11.3 Å². The molecule has 1 aromatic heterocycles. The van der Waals surface area contributed by atoms with E-state index in [2.05, 4.69) is 11.1 Å². The summed E-state index contributed by atoms with van der Waals surface area (Å²) < 4.78 is 1.75. The van der Waals surface area contributed by atoms with Gasteiger partial charge in [-0.1, -0.05) is 62.6 Å². The summed E-state index contributed by atoms with van der Waals surface area (Å²) in [6.45, 7) is 0. The summed E-state index contributed by atoms with van der Waals surface area (Å²) >= 11 is 3.38. The molecule has 1 heterocycles. The van der Waals surface area contributed by atoms with E-state index in [0.717, 1.165) is 11.4 Å². The Labute approximate surface area is 148 Å². The highest BCUT2D eigenvalue weighted by Gasteiger charge is 2.39. The first-order valence-corrected chi connectivity index (χ1v) is 10.8. The Balaban J connectivity index is 0.000000149. The standard InChI is InChI=1S/C12H23NS.C7H5NS/c13-14-12(9-5-2-6-10-12)11-7-3-1-4-8-11;1-2-4-7-6(3-1)8-5-9-7/h11H,1-10,13H2;1-5H. The topological polar surface area (TPSA) is 38.9 Å². The molecule has 23 heavy (non-hydrogen) atoms. The van der Waals surface area contributed by atoms with E-state index in [1.54, 1.807) is 23.3 Å². The Morgan fingerprint density at radius 2 is 1.70 bits per heavy atom. The van der Waals surface area contributed by atoms with Crippen LogP contribution in [0.2, 0.25) is 0 Å². The number of rotatable bonds is 2. The Bertz CT molecular complexity index is 554. The van der Waals surface area contributed by atoms with Gasteiger partial charge in [-0.3, -0.25) is 5.14 Å². The van der Waals surface area contributed by atoms with Crippen molar-refractivity contribution in [2.45, 2.75) is 69.0 Å². The summed E-state index contributed by atoms with van der Waals surface area (Å²) in [6.07, 6.45) is 14.3. The molecule has 1 aromatic carbocycles. The maximum atomic E-state index is 5.99. The normalized spacial score (nSPS) is 21.6. The highest BCUT2D eigenvalue weighted by Crippen LogP contribution is 2.48. The molecule has 0 radical (unpaired) electrons. The van der Waals surface area contributed by atoms with E-state index >= 15 is 0 Å². The molecule has 2 fully saturated rings. The van der Waals surface area contributed by atoms with Crippen LogP contribution in [0.25, 0.3) is 10.2 Å². The van der Waals surface area contributed by atoms with Crippen LogP contribution in [-0.2, 0) is 0 Å². The second kappa shape index (κ2) is 8.50. The lowest BCUT2D eigenvalue weighted by Crippen LogP contribution is -2.39. The van der Waals surface area contributed by atoms with Gasteiger partial charge in [0.05, 0.1) is 15.7 Å². The average Bonchev–Trinajstić information content (AvgIpc) is 3.12. The van der Waals surface area contributed by atoms with Gasteiger partial charge in [0.25, 0.3) is 0 Å². The minimum Gasteiger partial charge on any atom is -0.277 e. The van der Waals surface area contributed by atoms with Gasteiger partial charge in [-0.2, -0.15) is 0 Å². The largest absolute Gasteiger partial charge is 0.277 e. The molecule has 2 N–H and O–H groups in total. The van der Waals surface area contributed by atoms with Gasteiger partial charge < -0.3 is 0 Å². The van der Waals surface area contributed by atoms with Crippen molar-refractivity contribution in [3.05, 3.63) is 29.8 Å². The number of hydrogen-bond donors (Lipinski definition) is 1. The lowest BCUT2D eigenvalue weighted by molar-refractivity contribution is 0.227. The zero-order chi connectivity index (χ0) is 16.0. The quantitative estimate of drug-likeness (QED) is 0.659. The number of thiazole rings is 1. The Morgan fingerprint density at radius 1 is 1.00 bits per heavy atom. The van der Waals surface area contributed by atoms with Crippen molar-refractivity contribution in [2.75, 3.05) is 0 Å². The molecule has 126 valence electrons. The molecule has 2 saturated carbocycles. The van der Waals surface area contributed by atoms with Gasteiger partial charge in [0, 0.05) is 4.75 Å². The number of nitrogens with zero attached hydrogens (tertiary/aromatic N) is 1. The maximum Gasteiger partial charge on any atom is 0.0812 e. The zero-order valence-corrected chi connectivity index (χ0v) is 15.5. The smallest absolute Gasteiger partial charge is 0.0812 e. The predicted molar refractivity (Wildman–Crippen MR) is 104 cm³/mol. The van der Waals surface area contributed by atoms with E-state index in [1.165, 1.54) is 68.9 Å². The third-order valence-corrected chi connectivity index (χ3v) is 7.54. The molecule has 2 aromatic rings. The van der Waals surface area contributed by atoms with Crippen LogP contribution in [0.3, 0.4) is 0 Å². The molecule has 2 aliphatic rings. The first kappa shape index (κ1) is 17.2. The van der Waals surface area contributed by atoms with Gasteiger partial charge in [-0.05, 0) is 43.7 Å². The van der Waals surface area contributed by atoms with Crippen molar-refractivity contribution in [2.24, 2.45) is 11.1 Å². The van der Waals surface area contributed by atoms with Crippen LogP contribution in [-0.4, -0.2) is 9.73 Å². The van der Waals surface area contributed by atoms with Crippen LogP contribution in [0.15, 0.2) is 29.8 Å².